The first kappa shape index (κ1) is 23.4. The van der Waals surface area contributed by atoms with Crippen LogP contribution in [0.1, 0.15) is 44.1 Å². The maximum Gasteiger partial charge on any atom is 0.201 e. The first-order chi connectivity index (χ1) is 16.0. The van der Waals surface area contributed by atoms with Gasteiger partial charge in [-0.25, -0.2) is 8.78 Å². The molecule has 2 atom stereocenters. The van der Waals surface area contributed by atoms with Crippen LogP contribution in [0.25, 0.3) is 22.3 Å². The van der Waals surface area contributed by atoms with Crippen molar-refractivity contribution < 1.29 is 22.6 Å². The fourth-order valence-corrected chi connectivity index (χ4v) is 4.42. The molecule has 1 saturated heterocycles. The second kappa shape index (κ2) is 10.5. The number of benzene rings is 3. The lowest BCUT2D eigenvalue weighted by Crippen LogP contribution is -2.24. The Morgan fingerprint density at radius 2 is 1.61 bits per heavy atom. The van der Waals surface area contributed by atoms with E-state index in [-0.39, 0.29) is 29.6 Å². The number of rotatable bonds is 7. The van der Waals surface area contributed by atoms with Gasteiger partial charge in [0.05, 0.1) is 12.7 Å². The molecule has 0 spiro atoms. The fraction of sp³-hybridized carbons (Fsp3) is 0.333. The maximum atomic E-state index is 15.0. The molecule has 6 heteroatoms. The highest BCUT2D eigenvalue weighted by Gasteiger charge is 2.23. The van der Waals surface area contributed by atoms with E-state index in [1.807, 2.05) is 6.07 Å². The van der Waals surface area contributed by atoms with E-state index < -0.39 is 11.6 Å². The van der Waals surface area contributed by atoms with Gasteiger partial charge in [-0.3, -0.25) is 0 Å². The quantitative estimate of drug-likeness (QED) is 0.361. The van der Waals surface area contributed by atoms with Crippen LogP contribution in [0.15, 0.2) is 54.6 Å². The molecular weight excluding hydrogens is 424 g/mol. The van der Waals surface area contributed by atoms with Crippen LogP contribution in [-0.4, -0.2) is 27.1 Å². The molecule has 0 aliphatic carbocycles. The maximum absolute atomic E-state index is 15.0. The SMILES string of the molecule is [B]COc1ccc(-c2ccc(-c3ccc(C4CCC(CCC)OC4)cc3F)cc2)c(F)c1F. The average Bonchev–Trinajstić information content (AvgIpc) is 2.83. The van der Waals surface area contributed by atoms with E-state index >= 15 is 0 Å². The highest BCUT2D eigenvalue weighted by atomic mass is 19.2. The molecule has 0 N–H and O–H groups in total. The van der Waals surface area contributed by atoms with Crippen LogP contribution in [0.4, 0.5) is 13.2 Å². The summed E-state index contributed by atoms with van der Waals surface area (Å²) in [7, 11) is 5.23. The molecule has 3 aromatic rings. The Kier molecular flexibility index (Phi) is 7.44. The summed E-state index contributed by atoms with van der Waals surface area (Å²) in [6.45, 7) is 2.52. The lowest BCUT2D eigenvalue weighted by atomic mass is 9.89. The van der Waals surface area contributed by atoms with Crippen LogP contribution in [0.3, 0.4) is 0 Å². The van der Waals surface area contributed by atoms with Gasteiger partial charge < -0.3 is 9.47 Å². The number of halogens is 3. The topological polar surface area (TPSA) is 18.5 Å². The van der Waals surface area contributed by atoms with Gasteiger partial charge in [0.15, 0.2) is 11.6 Å². The third-order valence-corrected chi connectivity index (χ3v) is 6.24. The summed E-state index contributed by atoms with van der Waals surface area (Å²) in [6, 6.07) is 14.8. The summed E-state index contributed by atoms with van der Waals surface area (Å²) >= 11 is 0. The Bertz CT molecular complexity index is 1090. The molecule has 1 aliphatic heterocycles. The molecule has 0 amide bonds. The molecule has 1 fully saturated rings. The molecule has 0 bridgehead atoms. The van der Waals surface area contributed by atoms with Gasteiger partial charge in [0.25, 0.3) is 0 Å². The van der Waals surface area contributed by atoms with Crippen LogP contribution in [0, 0.1) is 17.5 Å². The van der Waals surface area contributed by atoms with E-state index in [1.165, 1.54) is 12.1 Å². The second-order valence-electron chi connectivity index (χ2n) is 8.39. The normalized spacial score (nSPS) is 18.3. The Labute approximate surface area is 194 Å². The van der Waals surface area contributed by atoms with Crippen molar-refractivity contribution in [3.63, 3.8) is 0 Å². The van der Waals surface area contributed by atoms with Gasteiger partial charge in [0.2, 0.25) is 5.82 Å². The van der Waals surface area contributed by atoms with E-state index in [0.29, 0.717) is 29.4 Å². The first-order valence-electron chi connectivity index (χ1n) is 11.3. The largest absolute Gasteiger partial charge is 0.500 e. The van der Waals surface area contributed by atoms with Crippen LogP contribution in [-0.2, 0) is 4.74 Å². The van der Waals surface area contributed by atoms with Gasteiger partial charge in [-0.2, -0.15) is 4.39 Å². The Morgan fingerprint density at radius 1 is 0.909 bits per heavy atom. The standard InChI is InChI=1S/C27H26BF3O2/c1-2-3-21-10-8-20(15-32-21)19-9-11-22(24(29)14-19)17-4-6-18(7-5-17)23-12-13-25(33-16-28)27(31)26(23)30/h4-7,9,11-14,20-21H,2-3,8,10,15-16H2,1H3. The van der Waals surface area contributed by atoms with Crippen molar-refractivity contribution in [1.29, 1.82) is 0 Å². The smallest absolute Gasteiger partial charge is 0.201 e. The van der Waals surface area contributed by atoms with Gasteiger partial charge >= 0.3 is 0 Å². The fourth-order valence-electron chi connectivity index (χ4n) is 4.42. The summed E-state index contributed by atoms with van der Waals surface area (Å²) in [5.41, 5.74) is 2.64. The Balaban J connectivity index is 1.51. The minimum Gasteiger partial charge on any atom is -0.500 e. The number of hydrogen-bond donors (Lipinski definition) is 0. The predicted molar refractivity (Wildman–Crippen MR) is 125 cm³/mol. The molecule has 2 radical (unpaired) electrons. The van der Waals surface area contributed by atoms with Crippen molar-refractivity contribution in [3.05, 3.63) is 77.6 Å². The molecule has 3 aromatic carbocycles. The molecule has 0 saturated carbocycles. The van der Waals surface area contributed by atoms with Gasteiger partial charge in [0.1, 0.15) is 13.7 Å². The van der Waals surface area contributed by atoms with E-state index in [4.69, 9.17) is 17.3 Å². The molecule has 170 valence electrons. The van der Waals surface area contributed by atoms with E-state index in [0.717, 1.165) is 31.2 Å². The van der Waals surface area contributed by atoms with Crippen molar-refractivity contribution in [2.45, 2.75) is 44.6 Å². The summed E-state index contributed by atoms with van der Waals surface area (Å²) in [4.78, 5) is 0. The van der Waals surface area contributed by atoms with Crippen molar-refractivity contribution in [2.24, 2.45) is 0 Å². The third kappa shape index (κ3) is 5.11. The second-order valence-corrected chi connectivity index (χ2v) is 8.39. The third-order valence-electron chi connectivity index (χ3n) is 6.24. The van der Waals surface area contributed by atoms with Crippen molar-refractivity contribution >= 4 is 7.85 Å². The monoisotopic (exact) mass is 450 g/mol. The summed E-state index contributed by atoms with van der Waals surface area (Å²) in [5.74, 6) is -2.44. The van der Waals surface area contributed by atoms with Gasteiger partial charge in [0, 0.05) is 23.6 Å². The molecule has 1 aliphatic rings. The van der Waals surface area contributed by atoms with Crippen LogP contribution >= 0.6 is 0 Å². The lowest BCUT2D eigenvalue weighted by Gasteiger charge is -2.29. The average molecular weight is 450 g/mol. The molecule has 33 heavy (non-hydrogen) atoms. The first-order valence-corrected chi connectivity index (χ1v) is 11.3. The van der Waals surface area contributed by atoms with Gasteiger partial charge in [-0.15, -0.1) is 0 Å². The Morgan fingerprint density at radius 3 is 2.21 bits per heavy atom. The van der Waals surface area contributed by atoms with Crippen LogP contribution in [0.5, 0.6) is 5.75 Å². The zero-order chi connectivity index (χ0) is 23.4. The number of hydrogen-bond acceptors (Lipinski definition) is 2. The predicted octanol–water partition coefficient (Wildman–Crippen LogP) is 7.01. The van der Waals surface area contributed by atoms with Crippen molar-refractivity contribution in [2.75, 3.05) is 13.1 Å². The number of ether oxygens (including phenoxy) is 2. The van der Waals surface area contributed by atoms with E-state index in [2.05, 4.69) is 6.92 Å². The molecule has 4 rings (SSSR count). The zero-order valence-electron chi connectivity index (χ0n) is 18.6. The lowest BCUT2D eigenvalue weighted by molar-refractivity contribution is -0.00115. The minimum atomic E-state index is -1.09. The van der Waals surface area contributed by atoms with Crippen LogP contribution in [0.2, 0.25) is 0 Å². The highest BCUT2D eigenvalue weighted by Crippen LogP contribution is 2.34. The molecule has 0 aromatic heterocycles. The summed E-state index contributed by atoms with van der Waals surface area (Å²) < 4.78 is 54.4. The zero-order valence-corrected chi connectivity index (χ0v) is 18.6. The van der Waals surface area contributed by atoms with E-state index in [9.17, 15) is 13.2 Å². The minimum absolute atomic E-state index is 0.0953. The summed E-state index contributed by atoms with van der Waals surface area (Å²) in [5, 5.41) is 0. The molecule has 2 unspecified atom stereocenters. The highest BCUT2D eigenvalue weighted by molar-refractivity contribution is 6.08. The van der Waals surface area contributed by atoms with Crippen LogP contribution < -0.4 is 4.74 Å². The molecule has 2 nitrogen and oxygen atoms in total. The van der Waals surface area contributed by atoms with Gasteiger partial charge in [-0.1, -0.05) is 49.7 Å². The van der Waals surface area contributed by atoms with Crippen molar-refractivity contribution in [3.8, 4) is 28.0 Å². The Hall–Kier alpha value is -2.73. The van der Waals surface area contributed by atoms with Crippen molar-refractivity contribution in [1.82, 2.24) is 0 Å². The summed E-state index contributed by atoms with van der Waals surface area (Å²) in [6.07, 6.45) is 4.48. The molecular formula is C27H26BF3O2. The molecule has 1 heterocycles. The van der Waals surface area contributed by atoms with Gasteiger partial charge in [-0.05, 0) is 54.2 Å². The van der Waals surface area contributed by atoms with E-state index in [1.54, 1.807) is 36.4 Å².